The Morgan fingerprint density at radius 1 is 1.18 bits per heavy atom. The molecule has 1 unspecified atom stereocenters. The van der Waals surface area contributed by atoms with Crippen molar-refractivity contribution >= 4 is 24.0 Å². The summed E-state index contributed by atoms with van der Waals surface area (Å²) >= 11 is 0. The molecule has 222 valence electrons. The molecular weight excluding hydrogens is 517 g/mol. The molecule has 2 amide bonds. The number of likely N-dealkylation sites (tertiary alicyclic amines) is 1. The highest BCUT2D eigenvalue weighted by molar-refractivity contribution is 5.80. The van der Waals surface area contributed by atoms with E-state index in [9.17, 15) is 9.59 Å². The minimum absolute atomic E-state index is 0.0201. The first-order valence-electron chi connectivity index (χ1n) is 14.9. The molecule has 12 heteroatoms. The number of carbonyl (C=O) groups is 2. The molecule has 11 nitrogen and oxygen atoms in total. The zero-order valence-corrected chi connectivity index (χ0v) is 23.9. The van der Waals surface area contributed by atoms with E-state index in [0.29, 0.717) is 50.7 Å². The summed E-state index contributed by atoms with van der Waals surface area (Å²) in [5, 5.41) is 1.17. The zero-order valence-electron chi connectivity index (χ0n) is 23.9. The van der Waals surface area contributed by atoms with Gasteiger partial charge in [0.2, 0.25) is 18.1 Å². The topological polar surface area (TPSA) is 112 Å². The molecule has 40 heavy (non-hydrogen) atoms. The minimum atomic E-state index is -0.589. The predicted molar refractivity (Wildman–Crippen MR) is 147 cm³/mol. The van der Waals surface area contributed by atoms with Gasteiger partial charge in [-0.3, -0.25) is 25.3 Å². The monoisotopic (exact) mass is 561 g/mol. The maximum atomic E-state index is 15.6. The highest BCUT2D eigenvalue weighted by atomic mass is 19.1. The highest BCUT2D eigenvalue weighted by Gasteiger charge is 2.46. The molecule has 1 saturated carbocycles. The van der Waals surface area contributed by atoms with Gasteiger partial charge in [-0.1, -0.05) is 25.7 Å². The van der Waals surface area contributed by atoms with Gasteiger partial charge in [-0.15, -0.1) is 0 Å². The molecule has 5 rings (SSSR count). The van der Waals surface area contributed by atoms with Gasteiger partial charge in [-0.05, 0) is 65.0 Å². The summed E-state index contributed by atoms with van der Waals surface area (Å²) in [5.74, 6) is -0.467. The molecule has 2 atom stereocenters. The Morgan fingerprint density at radius 2 is 1.90 bits per heavy atom. The summed E-state index contributed by atoms with van der Waals surface area (Å²) in [7, 11) is 0. The average molecular weight is 562 g/mol. The number of hydroxylamine groups is 2. The van der Waals surface area contributed by atoms with Crippen molar-refractivity contribution in [2.45, 2.75) is 89.9 Å². The number of rotatable bonds is 12. The maximum absolute atomic E-state index is 15.6. The number of halogens is 1. The molecule has 3 saturated heterocycles. The van der Waals surface area contributed by atoms with E-state index >= 15 is 4.39 Å². The number of aryl methyl sites for hydroxylation is 1. The van der Waals surface area contributed by atoms with Crippen LogP contribution in [0.5, 0.6) is 0 Å². The summed E-state index contributed by atoms with van der Waals surface area (Å²) in [6, 6.07) is 0. The SMILES string of the molecule is Cc1nc(NNC(=O)[C@@H](CC2CCCC2)CN(C=O)OC2CCCCO2)c(F)c(N2CC(C)(N3CCCC3)C2)n1. The van der Waals surface area contributed by atoms with Gasteiger partial charge >= 0.3 is 0 Å². The molecule has 0 aromatic carbocycles. The highest BCUT2D eigenvalue weighted by Crippen LogP contribution is 2.36. The van der Waals surface area contributed by atoms with E-state index in [1.54, 1.807) is 6.92 Å². The molecule has 2 N–H and O–H groups in total. The van der Waals surface area contributed by atoms with Crippen molar-refractivity contribution in [3.63, 3.8) is 0 Å². The van der Waals surface area contributed by atoms with Crippen LogP contribution in [0.15, 0.2) is 0 Å². The van der Waals surface area contributed by atoms with Crippen LogP contribution in [-0.4, -0.2) is 83.4 Å². The van der Waals surface area contributed by atoms with Gasteiger partial charge in [0.25, 0.3) is 0 Å². The smallest absolute Gasteiger partial charge is 0.243 e. The lowest BCUT2D eigenvalue weighted by atomic mass is 9.90. The average Bonchev–Trinajstić information content (AvgIpc) is 3.66. The van der Waals surface area contributed by atoms with Crippen molar-refractivity contribution in [3.8, 4) is 0 Å². The number of nitrogens with one attached hydrogen (secondary N) is 2. The number of amides is 2. The van der Waals surface area contributed by atoms with Crippen LogP contribution in [0.4, 0.5) is 16.0 Å². The summed E-state index contributed by atoms with van der Waals surface area (Å²) in [5.41, 5.74) is 5.40. The summed E-state index contributed by atoms with van der Waals surface area (Å²) in [6.07, 6.45) is 10.2. The van der Waals surface area contributed by atoms with Gasteiger partial charge in [-0.2, -0.15) is 4.39 Å². The molecule has 4 aliphatic rings. The van der Waals surface area contributed by atoms with E-state index in [0.717, 1.165) is 51.6 Å². The molecule has 1 aliphatic carbocycles. The van der Waals surface area contributed by atoms with Crippen LogP contribution >= 0.6 is 0 Å². The lowest BCUT2D eigenvalue weighted by Crippen LogP contribution is -2.68. The third-order valence-corrected chi connectivity index (χ3v) is 8.85. The number of nitrogens with zero attached hydrogens (tertiary/aromatic N) is 5. The number of carbonyl (C=O) groups excluding carboxylic acids is 2. The van der Waals surface area contributed by atoms with Crippen molar-refractivity contribution in [2.75, 3.05) is 49.7 Å². The third-order valence-electron chi connectivity index (χ3n) is 8.85. The van der Waals surface area contributed by atoms with Crippen molar-refractivity contribution < 1.29 is 23.6 Å². The van der Waals surface area contributed by atoms with E-state index in [2.05, 4.69) is 32.6 Å². The van der Waals surface area contributed by atoms with Crippen molar-refractivity contribution in [1.29, 1.82) is 0 Å². The molecule has 4 fully saturated rings. The minimum Gasteiger partial charge on any atom is -0.350 e. The van der Waals surface area contributed by atoms with Gasteiger partial charge in [0, 0.05) is 26.1 Å². The fourth-order valence-electron chi connectivity index (χ4n) is 6.63. The van der Waals surface area contributed by atoms with Crippen LogP contribution in [0.1, 0.15) is 77.0 Å². The standard InChI is InChI=1S/C28H44FN7O4/c1-20-30-25(24(29)26(31-20)34-17-28(2,18-34)35-12-6-7-13-35)32-33-27(38)22(15-21-9-3-4-10-21)16-36(19-37)40-23-11-5-8-14-39-23/h19,21-23H,3-18H2,1-2H3,(H,33,38)(H,30,31,32)/t22-,23?/m0/s1. The largest absolute Gasteiger partial charge is 0.350 e. The van der Waals surface area contributed by atoms with Gasteiger partial charge in [0.1, 0.15) is 5.82 Å². The lowest BCUT2D eigenvalue weighted by Gasteiger charge is -2.53. The van der Waals surface area contributed by atoms with Crippen molar-refractivity contribution in [2.24, 2.45) is 11.8 Å². The lowest BCUT2D eigenvalue weighted by molar-refractivity contribution is -0.276. The Labute approximate surface area is 236 Å². The Kier molecular flexibility index (Phi) is 9.37. The maximum Gasteiger partial charge on any atom is 0.243 e. The Bertz CT molecular complexity index is 1020. The Balaban J connectivity index is 1.22. The summed E-state index contributed by atoms with van der Waals surface area (Å²) in [6.45, 7) is 8.17. The van der Waals surface area contributed by atoms with E-state index in [4.69, 9.17) is 9.57 Å². The first kappa shape index (κ1) is 28.9. The first-order chi connectivity index (χ1) is 19.3. The molecule has 3 aliphatic heterocycles. The van der Waals surface area contributed by atoms with Gasteiger partial charge in [0.05, 0.1) is 18.0 Å². The number of hydrazine groups is 1. The van der Waals surface area contributed by atoms with Gasteiger partial charge in [-0.25, -0.2) is 19.9 Å². The molecule has 1 aromatic heterocycles. The molecule has 0 bridgehead atoms. The van der Waals surface area contributed by atoms with E-state index in [1.807, 2.05) is 4.90 Å². The quantitative estimate of drug-likeness (QED) is 0.294. The number of hydrogen-bond acceptors (Lipinski definition) is 9. The second-order valence-corrected chi connectivity index (χ2v) is 12.1. The summed E-state index contributed by atoms with van der Waals surface area (Å²) < 4.78 is 21.2. The van der Waals surface area contributed by atoms with Gasteiger partial charge in [0.15, 0.2) is 17.9 Å². The van der Waals surface area contributed by atoms with Crippen LogP contribution in [0, 0.1) is 24.6 Å². The third kappa shape index (κ3) is 6.83. The summed E-state index contributed by atoms with van der Waals surface area (Å²) in [4.78, 5) is 44.0. The fraction of sp³-hybridized carbons (Fsp3) is 0.786. The van der Waals surface area contributed by atoms with Gasteiger partial charge < -0.3 is 9.64 Å². The molecule has 1 aromatic rings. The van der Waals surface area contributed by atoms with Crippen LogP contribution in [0.25, 0.3) is 0 Å². The zero-order chi connectivity index (χ0) is 28.1. The second kappa shape index (κ2) is 12.9. The number of hydrogen-bond donors (Lipinski definition) is 2. The van der Waals surface area contributed by atoms with E-state index < -0.39 is 18.0 Å². The molecular formula is C28H44FN7O4. The first-order valence-corrected chi connectivity index (χ1v) is 14.9. The van der Waals surface area contributed by atoms with Crippen LogP contribution in [-0.2, 0) is 19.2 Å². The van der Waals surface area contributed by atoms with Crippen molar-refractivity contribution in [1.82, 2.24) is 25.4 Å². The predicted octanol–water partition coefficient (Wildman–Crippen LogP) is 3.15. The second-order valence-electron chi connectivity index (χ2n) is 12.1. The fourth-order valence-corrected chi connectivity index (χ4v) is 6.63. The number of ether oxygens (including phenoxy) is 1. The Hall–Kier alpha value is -2.57. The van der Waals surface area contributed by atoms with Crippen LogP contribution in [0.3, 0.4) is 0 Å². The van der Waals surface area contributed by atoms with Crippen LogP contribution < -0.4 is 15.8 Å². The normalized spacial score (nSPS) is 24.0. The van der Waals surface area contributed by atoms with E-state index in [1.165, 1.54) is 17.9 Å². The number of aromatic nitrogens is 2. The number of anilines is 2. The molecule has 4 heterocycles. The molecule has 0 radical (unpaired) electrons. The Morgan fingerprint density at radius 3 is 2.58 bits per heavy atom. The molecule has 0 spiro atoms. The van der Waals surface area contributed by atoms with E-state index in [-0.39, 0.29) is 29.6 Å². The van der Waals surface area contributed by atoms with Crippen LogP contribution in [0.2, 0.25) is 0 Å². The van der Waals surface area contributed by atoms with Crippen molar-refractivity contribution in [3.05, 3.63) is 11.6 Å².